The maximum atomic E-state index is 12.6. The van der Waals surface area contributed by atoms with Crippen molar-refractivity contribution in [3.05, 3.63) is 89.0 Å². The van der Waals surface area contributed by atoms with Gasteiger partial charge in [0.05, 0.1) is 10.6 Å². The highest BCUT2D eigenvalue weighted by molar-refractivity contribution is 7.92. The molecule has 5 nitrogen and oxygen atoms in total. The smallest absolute Gasteiger partial charge is 0.261 e. The number of carbonyl (C=O) groups is 1. The highest BCUT2D eigenvalue weighted by atomic mass is 32.2. The van der Waals surface area contributed by atoms with E-state index in [-0.39, 0.29) is 10.8 Å². The van der Waals surface area contributed by atoms with Crippen molar-refractivity contribution in [1.29, 1.82) is 0 Å². The quantitative estimate of drug-likeness (QED) is 0.661. The molecule has 0 atom stereocenters. The van der Waals surface area contributed by atoms with E-state index in [2.05, 4.69) is 10.0 Å². The van der Waals surface area contributed by atoms with Gasteiger partial charge in [0.2, 0.25) is 0 Å². The summed E-state index contributed by atoms with van der Waals surface area (Å²) in [5.74, 6) is -0.302. The fourth-order valence-corrected chi connectivity index (χ4v) is 3.84. The Bertz CT molecular complexity index is 1120. The van der Waals surface area contributed by atoms with Crippen LogP contribution in [0.2, 0.25) is 0 Å². The molecule has 0 heterocycles. The Morgan fingerprint density at radius 2 is 1.46 bits per heavy atom. The Morgan fingerprint density at radius 1 is 0.786 bits per heavy atom. The summed E-state index contributed by atoms with van der Waals surface area (Å²) in [6, 6.07) is 18.7. The van der Waals surface area contributed by atoms with Crippen molar-refractivity contribution in [3.63, 3.8) is 0 Å². The zero-order chi connectivity index (χ0) is 20.3. The van der Waals surface area contributed by atoms with Crippen molar-refractivity contribution in [2.75, 3.05) is 10.0 Å². The number of anilines is 2. The molecule has 0 aliphatic heterocycles. The molecule has 0 radical (unpaired) electrons. The summed E-state index contributed by atoms with van der Waals surface area (Å²) in [4.78, 5) is 12.8. The first kappa shape index (κ1) is 19.6. The van der Waals surface area contributed by atoms with Crippen molar-refractivity contribution in [1.82, 2.24) is 0 Å². The number of rotatable bonds is 5. The van der Waals surface area contributed by atoms with Gasteiger partial charge >= 0.3 is 0 Å². The van der Waals surface area contributed by atoms with E-state index in [0.717, 1.165) is 16.7 Å². The van der Waals surface area contributed by atoms with Gasteiger partial charge in [0, 0.05) is 11.3 Å². The van der Waals surface area contributed by atoms with Crippen molar-refractivity contribution in [2.24, 2.45) is 0 Å². The third-order valence-electron chi connectivity index (χ3n) is 4.56. The number of hydrogen-bond donors (Lipinski definition) is 2. The molecule has 0 saturated heterocycles. The lowest BCUT2D eigenvalue weighted by atomic mass is 10.1. The third kappa shape index (κ3) is 4.40. The Kier molecular flexibility index (Phi) is 5.51. The summed E-state index contributed by atoms with van der Waals surface area (Å²) < 4.78 is 27.7. The SMILES string of the molecule is Cc1ccc(NC(=O)c2ccc(C)c(NS(=O)(=O)c3ccccc3)c2)cc1C. The minimum absolute atomic E-state index is 0.166. The zero-order valence-electron chi connectivity index (χ0n) is 16.0. The van der Waals surface area contributed by atoms with Crippen molar-refractivity contribution in [2.45, 2.75) is 25.7 Å². The van der Waals surface area contributed by atoms with Gasteiger partial charge in [0.1, 0.15) is 0 Å². The van der Waals surface area contributed by atoms with Crippen LogP contribution in [0.4, 0.5) is 11.4 Å². The van der Waals surface area contributed by atoms with Crippen LogP contribution in [-0.4, -0.2) is 14.3 Å². The predicted molar refractivity (Wildman–Crippen MR) is 112 cm³/mol. The van der Waals surface area contributed by atoms with Gasteiger partial charge < -0.3 is 5.32 Å². The normalized spacial score (nSPS) is 11.1. The van der Waals surface area contributed by atoms with Crippen molar-refractivity contribution >= 4 is 27.3 Å². The van der Waals surface area contributed by atoms with Gasteiger partial charge in [0.15, 0.2) is 0 Å². The lowest BCUT2D eigenvalue weighted by molar-refractivity contribution is 0.102. The molecule has 1 amide bonds. The van der Waals surface area contributed by atoms with E-state index in [1.807, 2.05) is 32.0 Å². The molecule has 0 fully saturated rings. The largest absolute Gasteiger partial charge is 0.322 e. The number of amides is 1. The van der Waals surface area contributed by atoms with E-state index in [0.29, 0.717) is 16.9 Å². The van der Waals surface area contributed by atoms with Crippen LogP contribution >= 0.6 is 0 Å². The monoisotopic (exact) mass is 394 g/mol. The minimum atomic E-state index is -3.73. The van der Waals surface area contributed by atoms with Crippen LogP contribution in [0.5, 0.6) is 0 Å². The zero-order valence-corrected chi connectivity index (χ0v) is 16.8. The highest BCUT2D eigenvalue weighted by Crippen LogP contribution is 2.22. The first-order valence-corrected chi connectivity index (χ1v) is 10.3. The van der Waals surface area contributed by atoms with Crippen LogP contribution in [0.1, 0.15) is 27.0 Å². The highest BCUT2D eigenvalue weighted by Gasteiger charge is 2.16. The fraction of sp³-hybridized carbons (Fsp3) is 0.136. The Morgan fingerprint density at radius 3 is 2.14 bits per heavy atom. The molecule has 3 aromatic rings. The summed E-state index contributed by atoms with van der Waals surface area (Å²) in [6.45, 7) is 5.77. The maximum Gasteiger partial charge on any atom is 0.261 e. The molecule has 3 rings (SSSR count). The number of aryl methyl sites for hydroxylation is 3. The van der Waals surface area contributed by atoms with Crippen LogP contribution < -0.4 is 10.0 Å². The number of nitrogens with one attached hydrogen (secondary N) is 2. The lowest BCUT2D eigenvalue weighted by Crippen LogP contribution is -2.16. The number of sulfonamides is 1. The van der Waals surface area contributed by atoms with E-state index in [1.54, 1.807) is 43.3 Å². The van der Waals surface area contributed by atoms with E-state index in [4.69, 9.17) is 0 Å². The molecule has 0 aliphatic rings. The molecule has 0 aliphatic carbocycles. The van der Waals surface area contributed by atoms with Crippen LogP contribution in [0.15, 0.2) is 71.6 Å². The van der Waals surface area contributed by atoms with Gasteiger partial charge in [-0.3, -0.25) is 9.52 Å². The number of benzene rings is 3. The molecule has 0 aromatic heterocycles. The molecule has 0 saturated carbocycles. The molecule has 0 bridgehead atoms. The van der Waals surface area contributed by atoms with Gasteiger partial charge in [-0.15, -0.1) is 0 Å². The average Bonchev–Trinajstić information content (AvgIpc) is 2.67. The second-order valence-electron chi connectivity index (χ2n) is 6.70. The summed E-state index contributed by atoms with van der Waals surface area (Å²) >= 11 is 0. The number of carbonyl (C=O) groups excluding carboxylic acids is 1. The fourth-order valence-electron chi connectivity index (χ4n) is 2.70. The Balaban J connectivity index is 1.84. The second-order valence-corrected chi connectivity index (χ2v) is 8.38. The second kappa shape index (κ2) is 7.86. The van der Waals surface area contributed by atoms with Gasteiger partial charge in [-0.05, 0) is 73.9 Å². The van der Waals surface area contributed by atoms with Gasteiger partial charge in [-0.25, -0.2) is 8.42 Å². The standard InChI is InChI=1S/C22H22N2O3S/c1-15-10-12-19(13-17(15)3)23-22(25)18-11-9-16(2)21(14-18)24-28(26,27)20-7-5-4-6-8-20/h4-14,24H,1-3H3,(H,23,25). The molecule has 28 heavy (non-hydrogen) atoms. The minimum Gasteiger partial charge on any atom is -0.322 e. The Hall–Kier alpha value is -3.12. The first-order valence-electron chi connectivity index (χ1n) is 8.83. The molecule has 2 N–H and O–H groups in total. The van der Waals surface area contributed by atoms with E-state index in [9.17, 15) is 13.2 Å². The first-order chi connectivity index (χ1) is 13.3. The summed E-state index contributed by atoms with van der Waals surface area (Å²) in [5, 5.41) is 2.85. The summed E-state index contributed by atoms with van der Waals surface area (Å²) in [6.07, 6.45) is 0. The summed E-state index contributed by atoms with van der Waals surface area (Å²) in [5.41, 5.74) is 4.39. The molecule has 144 valence electrons. The predicted octanol–water partition coefficient (Wildman–Crippen LogP) is 4.66. The molecule has 0 spiro atoms. The van der Waals surface area contributed by atoms with Crippen LogP contribution in [0, 0.1) is 20.8 Å². The average molecular weight is 394 g/mol. The lowest BCUT2D eigenvalue weighted by Gasteiger charge is -2.13. The molecule has 0 unspecified atom stereocenters. The third-order valence-corrected chi connectivity index (χ3v) is 5.94. The number of hydrogen-bond acceptors (Lipinski definition) is 3. The topological polar surface area (TPSA) is 75.3 Å². The maximum absolute atomic E-state index is 12.6. The Labute approximate surface area is 165 Å². The van der Waals surface area contributed by atoms with Crippen LogP contribution in [0.3, 0.4) is 0 Å². The van der Waals surface area contributed by atoms with Gasteiger partial charge in [0.25, 0.3) is 15.9 Å². The van der Waals surface area contributed by atoms with Crippen LogP contribution in [0.25, 0.3) is 0 Å². The molecular formula is C22H22N2O3S. The molecule has 3 aromatic carbocycles. The van der Waals surface area contributed by atoms with Crippen molar-refractivity contribution < 1.29 is 13.2 Å². The van der Waals surface area contributed by atoms with Gasteiger partial charge in [-0.1, -0.05) is 30.3 Å². The van der Waals surface area contributed by atoms with Crippen LogP contribution in [-0.2, 0) is 10.0 Å². The molecule has 6 heteroatoms. The van der Waals surface area contributed by atoms with E-state index >= 15 is 0 Å². The molecular weight excluding hydrogens is 372 g/mol. The van der Waals surface area contributed by atoms with Gasteiger partial charge in [-0.2, -0.15) is 0 Å². The van der Waals surface area contributed by atoms with E-state index < -0.39 is 10.0 Å². The van der Waals surface area contributed by atoms with E-state index in [1.165, 1.54) is 12.1 Å². The summed E-state index contributed by atoms with van der Waals surface area (Å²) in [7, 11) is -3.73. The van der Waals surface area contributed by atoms with Crippen molar-refractivity contribution in [3.8, 4) is 0 Å².